The third-order valence-electron chi connectivity index (χ3n) is 3.50. The first-order valence-corrected chi connectivity index (χ1v) is 8.39. The Labute approximate surface area is 141 Å². The normalized spacial score (nSPS) is 12.3. The van der Waals surface area contributed by atoms with Crippen molar-refractivity contribution >= 4 is 22.6 Å². The van der Waals surface area contributed by atoms with E-state index in [9.17, 15) is 0 Å². The van der Waals surface area contributed by atoms with Gasteiger partial charge in [0.2, 0.25) is 0 Å². The summed E-state index contributed by atoms with van der Waals surface area (Å²) < 4.78 is 6.40. The molecular weight excluding hydrogens is 373 g/mol. The standard InChI is InChI=1S/C18H22INO/c1-3-20-18(16-5-4-6-17(19)13-16)15-9-7-14(8-10-15)11-12-21-2/h4-10,13,18,20H,3,11-12H2,1-2H3. The van der Waals surface area contributed by atoms with Crippen LogP contribution in [-0.4, -0.2) is 20.3 Å². The van der Waals surface area contributed by atoms with Crippen molar-refractivity contribution in [3.8, 4) is 0 Å². The van der Waals surface area contributed by atoms with E-state index in [1.54, 1.807) is 7.11 Å². The van der Waals surface area contributed by atoms with E-state index >= 15 is 0 Å². The summed E-state index contributed by atoms with van der Waals surface area (Å²) in [6.45, 7) is 3.86. The smallest absolute Gasteiger partial charge is 0.0577 e. The van der Waals surface area contributed by atoms with Crippen LogP contribution in [0.1, 0.15) is 29.7 Å². The van der Waals surface area contributed by atoms with Crippen molar-refractivity contribution in [2.45, 2.75) is 19.4 Å². The van der Waals surface area contributed by atoms with Gasteiger partial charge in [0, 0.05) is 10.7 Å². The zero-order valence-corrected chi connectivity index (χ0v) is 14.8. The van der Waals surface area contributed by atoms with E-state index < -0.39 is 0 Å². The van der Waals surface area contributed by atoms with Gasteiger partial charge in [-0.25, -0.2) is 0 Å². The van der Waals surface area contributed by atoms with Crippen molar-refractivity contribution < 1.29 is 4.74 Å². The Bertz CT molecular complexity index is 553. The summed E-state index contributed by atoms with van der Waals surface area (Å²) in [6.07, 6.45) is 0.964. The van der Waals surface area contributed by atoms with E-state index in [4.69, 9.17) is 4.74 Å². The Hall–Kier alpha value is -0.910. The van der Waals surface area contributed by atoms with Crippen molar-refractivity contribution in [1.82, 2.24) is 5.32 Å². The van der Waals surface area contributed by atoms with Crippen LogP contribution in [0.5, 0.6) is 0 Å². The number of ether oxygens (including phenoxy) is 1. The van der Waals surface area contributed by atoms with Crippen LogP contribution in [0.3, 0.4) is 0 Å². The number of benzene rings is 2. The van der Waals surface area contributed by atoms with Crippen LogP contribution >= 0.6 is 22.6 Å². The molecule has 0 fully saturated rings. The SMILES string of the molecule is CCNC(c1ccc(CCOC)cc1)c1cccc(I)c1. The molecule has 2 rings (SSSR count). The first-order chi connectivity index (χ1) is 10.2. The fraction of sp³-hybridized carbons (Fsp3) is 0.333. The van der Waals surface area contributed by atoms with Gasteiger partial charge in [-0.15, -0.1) is 0 Å². The number of nitrogens with one attached hydrogen (secondary N) is 1. The average molecular weight is 395 g/mol. The first-order valence-electron chi connectivity index (χ1n) is 7.31. The second-order valence-corrected chi connectivity index (χ2v) is 6.28. The number of hydrogen-bond acceptors (Lipinski definition) is 2. The highest BCUT2D eigenvalue weighted by Gasteiger charge is 2.13. The molecule has 112 valence electrons. The van der Waals surface area contributed by atoms with Gasteiger partial charge in [0.05, 0.1) is 12.6 Å². The summed E-state index contributed by atoms with van der Waals surface area (Å²) >= 11 is 2.37. The Morgan fingerprint density at radius 3 is 2.48 bits per heavy atom. The third kappa shape index (κ3) is 4.80. The van der Waals surface area contributed by atoms with Crippen molar-refractivity contribution in [2.75, 3.05) is 20.3 Å². The molecule has 3 heteroatoms. The summed E-state index contributed by atoms with van der Waals surface area (Å²) in [7, 11) is 1.74. The number of hydrogen-bond donors (Lipinski definition) is 1. The van der Waals surface area contributed by atoms with Gasteiger partial charge in [-0.1, -0.05) is 43.3 Å². The van der Waals surface area contributed by atoms with Crippen molar-refractivity contribution in [3.05, 3.63) is 68.8 Å². The van der Waals surface area contributed by atoms with Crippen molar-refractivity contribution in [2.24, 2.45) is 0 Å². The van der Waals surface area contributed by atoms with Gasteiger partial charge in [-0.3, -0.25) is 0 Å². The third-order valence-corrected chi connectivity index (χ3v) is 4.17. The van der Waals surface area contributed by atoms with Gasteiger partial charge in [0.1, 0.15) is 0 Å². The van der Waals surface area contributed by atoms with E-state index in [1.165, 1.54) is 20.3 Å². The maximum atomic E-state index is 5.13. The monoisotopic (exact) mass is 395 g/mol. The van der Waals surface area contributed by atoms with Crippen LogP contribution in [0.25, 0.3) is 0 Å². The van der Waals surface area contributed by atoms with Gasteiger partial charge in [-0.2, -0.15) is 0 Å². The molecule has 0 aliphatic rings. The molecule has 0 spiro atoms. The first kappa shape index (κ1) is 16.5. The van der Waals surface area contributed by atoms with Crippen LogP contribution in [0.4, 0.5) is 0 Å². The predicted molar refractivity (Wildman–Crippen MR) is 96.7 cm³/mol. The summed E-state index contributed by atoms with van der Waals surface area (Å²) in [5, 5.41) is 3.58. The fourth-order valence-electron chi connectivity index (χ4n) is 2.42. The lowest BCUT2D eigenvalue weighted by molar-refractivity contribution is 0.202. The minimum atomic E-state index is 0.251. The lowest BCUT2D eigenvalue weighted by atomic mass is 9.97. The molecule has 1 atom stereocenters. The van der Waals surface area contributed by atoms with Gasteiger partial charge >= 0.3 is 0 Å². The van der Waals surface area contributed by atoms with Crippen LogP contribution in [-0.2, 0) is 11.2 Å². The molecule has 1 unspecified atom stereocenters. The maximum Gasteiger partial charge on any atom is 0.0577 e. The van der Waals surface area contributed by atoms with Gasteiger partial charge in [-0.05, 0) is 64.4 Å². The molecule has 2 aromatic rings. The maximum absolute atomic E-state index is 5.13. The van der Waals surface area contributed by atoms with Crippen LogP contribution < -0.4 is 5.32 Å². The molecule has 0 bridgehead atoms. The molecule has 0 aromatic heterocycles. The van der Waals surface area contributed by atoms with E-state index in [2.05, 4.69) is 83.4 Å². The molecule has 2 aromatic carbocycles. The Morgan fingerprint density at radius 1 is 1.10 bits per heavy atom. The Balaban J connectivity index is 2.21. The highest BCUT2D eigenvalue weighted by atomic mass is 127. The average Bonchev–Trinajstić information content (AvgIpc) is 2.51. The quantitative estimate of drug-likeness (QED) is 0.711. The summed E-state index contributed by atoms with van der Waals surface area (Å²) in [5.74, 6) is 0. The highest BCUT2D eigenvalue weighted by molar-refractivity contribution is 14.1. The van der Waals surface area contributed by atoms with Crippen LogP contribution in [0.2, 0.25) is 0 Å². The minimum Gasteiger partial charge on any atom is -0.384 e. The topological polar surface area (TPSA) is 21.3 Å². The van der Waals surface area contributed by atoms with Crippen LogP contribution in [0.15, 0.2) is 48.5 Å². The number of methoxy groups -OCH3 is 1. The van der Waals surface area contributed by atoms with E-state index in [0.717, 1.165) is 19.6 Å². The molecule has 0 saturated heterocycles. The van der Waals surface area contributed by atoms with E-state index in [1.807, 2.05) is 0 Å². The van der Waals surface area contributed by atoms with E-state index in [-0.39, 0.29) is 6.04 Å². The number of halogens is 1. The number of rotatable bonds is 7. The predicted octanol–water partition coefficient (Wildman–Crippen LogP) is 4.18. The molecule has 0 saturated carbocycles. The molecule has 0 aliphatic heterocycles. The molecule has 2 nitrogen and oxygen atoms in total. The van der Waals surface area contributed by atoms with Gasteiger partial charge < -0.3 is 10.1 Å². The summed E-state index contributed by atoms with van der Waals surface area (Å²) in [4.78, 5) is 0. The van der Waals surface area contributed by atoms with Crippen LogP contribution in [0, 0.1) is 3.57 Å². The molecule has 0 heterocycles. The zero-order chi connectivity index (χ0) is 15.1. The van der Waals surface area contributed by atoms with Gasteiger partial charge in [0.25, 0.3) is 0 Å². The summed E-state index contributed by atoms with van der Waals surface area (Å²) in [6, 6.07) is 17.8. The van der Waals surface area contributed by atoms with Gasteiger partial charge in [0.15, 0.2) is 0 Å². The van der Waals surface area contributed by atoms with Crippen molar-refractivity contribution in [1.29, 1.82) is 0 Å². The van der Waals surface area contributed by atoms with E-state index in [0.29, 0.717) is 0 Å². The molecule has 0 radical (unpaired) electrons. The fourth-order valence-corrected chi connectivity index (χ4v) is 2.98. The molecule has 0 amide bonds. The molecule has 21 heavy (non-hydrogen) atoms. The molecular formula is C18H22INO. The molecule has 0 aliphatic carbocycles. The molecule has 1 N–H and O–H groups in total. The second-order valence-electron chi connectivity index (χ2n) is 5.03. The lowest BCUT2D eigenvalue weighted by Gasteiger charge is -2.19. The highest BCUT2D eigenvalue weighted by Crippen LogP contribution is 2.24. The largest absolute Gasteiger partial charge is 0.384 e. The second kappa shape index (κ2) is 8.51. The summed E-state index contributed by atoms with van der Waals surface area (Å²) in [5.41, 5.74) is 3.94. The zero-order valence-electron chi connectivity index (χ0n) is 12.6. The Kier molecular flexibility index (Phi) is 6.67. The lowest BCUT2D eigenvalue weighted by Crippen LogP contribution is -2.22. The minimum absolute atomic E-state index is 0.251. The van der Waals surface area contributed by atoms with Crippen molar-refractivity contribution in [3.63, 3.8) is 0 Å². The Morgan fingerprint density at radius 2 is 1.86 bits per heavy atom.